The Morgan fingerprint density at radius 2 is 1.69 bits per heavy atom. The van der Waals surface area contributed by atoms with E-state index in [2.05, 4.69) is 42.5 Å². The van der Waals surface area contributed by atoms with Gasteiger partial charge in [0.15, 0.2) is 0 Å². The third-order valence-corrected chi connectivity index (χ3v) is 2.67. The summed E-state index contributed by atoms with van der Waals surface area (Å²) in [5.74, 6) is 0. The Kier molecular flexibility index (Phi) is 1.65. The van der Waals surface area contributed by atoms with Crippen molar-refractivity contribution >= 4 is 5.65 Å². The van der Waals surface area contributed by atoms with Crippen LogP contribution in [0.25, 0.3) is 5.65 Å². The summed E-state index contributed by atoms with van der Waals surface area (Å²) in [6, 6.07) is 0. The Hall–Kier alpha value is -1.31. The minimum absolute atomic E-state index is 1.08. The van der Waals surface area contributed by atoms with Crippen LogP contribution in [0.2, 0.25) is 0 Å². The normalized spacial score (nSPS) is 11.1. The fourth-order valence-corrected chi connectivity index (χ4v) is 1.66. The first-order valence-corrected chi connectivity index (χ1v) is 4.51. The molecule has 2 heteroatoms. The standard InChI is InChI=1S/C11H14N2/c1-7-5-13-6-8(2)12-11(13)10(4)9(7)3/h5-6H,1-4H3. The molecule has 0 saturated heterocycles. The Morgan fingerprint density at radius 3 is 2.38 bits per heavy atom. The lowest BCUT2D eigenvalue weighted by molar-refractivity contribution is 1.10. The van der Waals surface area contributed by atoms with Gasteiger partial charge in [-0.3, -0.25) is 0 Å². The number of pyridine rings is 1. The number of imidazole rings is 1. The van der Waals surface area contributed by atoms with Crippen LogP contribution in [-0.4, -0.2) is 9.38 Å². The van der Waals surface area contributed by atoms with E-state index in [1.165, 1.54) is 16.7 Å². The molecule has 0 aliphatic carbocycles. The van der Waals surface area contributed by atoms with Crippen molar-refractivity contribution in [3.05, 3.63) is 34.8 Å². The summed E-state index contributed by atoms with van der Waals surface area (Å²) < 4.78 is 2.10. The van der Waals surface area contributed by atoms with Gasteiger partial charge in [-0.2, -0.15) is 0 Å². The summed E-state index contributed by atoms with van der Waals surface area (Å²) in [7, 11) is 0. The second kappa shape index (κ2) is 2.59. The van der Waals surface area contributed by atoms with E-state index in [-0.39, 0.29) is 0 Å². The molecular weight excluding hydrogens is 160 g/mol. The van der Waals surface area contributed by atoms with Crippen molar-refractivity contribution in [2.45, 2.75) is 27.7 Å². The largest absolute Gasteiger partial charge is 0.306 e. The zero-order valence-corrected chi connectivity index (χ0v) is 8.55. The van der Waals surface area contributed by atoms with Crippen molar-refractivity contribution in [1.29, 1.82) is 0 Å². The molecule has 2 heterocycles. The fourth-order valence-electron chi connectivity index (χ4n) is 1.66. The molecule has 2 aromatic heterocycles. The van der Waals surface area contributed by atoms with E-state index in [9.17, 15) is 0 Å². The quantitative estimate of drug-likeness (QED) is 0.600. The number of hydrogen-bond acceptors (Lipinski definition) is 1. The fraction of sp³-hybridized carbons (Fsp3) is 0.364. The molecule has 0 bridgehead atoms. The second-order valence-electron chi connectivity index (χ2n) is 3.68. The van der Waals surface area contributed by atoms with Gasteiger partial charge in [0, 0.05) is 12.4 Å². The van der Waals surface area contributed by atoms with Crippen molar-refractivity contribution in [1.82, 2.24) is 9.38 Å². The highest BCUT2D eigenvalue weighted by Gasteiger charge is 2.05. The van der Waals surface area contributed by atoms with E-state index in [1.807, 2.05) is 6.92 Å². The maximum atomic E-state index is 4.48. The van der Waals surface area contributed by atoms with Crippen molar-refractivity contribution in [2.24, 2.45) is 0 Å². The van der Waals surface area contributed by atoms with Gasteiger partial charge in [0.1, 0.15) is 5.65 Å². The van der Waals surface area contributed by atoms with Gasteiger partial charge in [-0.15, -0.1) is 0 Å². The van der Waals surface area contributed by atoms with Gasteiger partial charge in [-0.25, -0.2) is 4.98 Å². The zero-order valence-electron chi connectivity index (χ0n) is 8.55. The summed E-state index contributed by atoms with van der Waals surface area (Å²) in [5, 5.41) is 0. The molecule has 0 saturated carbocycles. The van der Waals surface area contributed by atoms with Crippen LogP contribution in [0.4, 0.5) is 0 Å². The summed E-state index contributed by atoms with van der Waals surface area (Å²) in [6.45, 7) is 8.44. The third-order valence-electron chi connectivity index (χ3n) is 2.67. The number of rotatable bonds is 0. The molecule has 2 aromatic rings. The molecule has 0 aliphatic heterocycles. The molecule has 0 fully saturated rings. The minimum atomic E-state index is 1.08. The average Bonchev–Trinajstić information content (AvgIpc) is 2.42. The highest BCUT2D eigenvalue weighted by atomic mass is 15.0. The summed E-state index contributed by atoms with van der Waals surface area (Å²) in [4.78, 5) is 4.48. The van der Waals surface area contributed by atoms with Crippen molar-refractivity contribution in [2.75, 3.05) is 0 Å². The Bertz CT molecular complexity index is 466. The van der Waals surface area contributed by atoms with Gasteiger partial charge in [0.25, 0.3) is 0 Å². The molecule has 0 radical (unpaired) electrons. The second-order valence-corrected chi connectivity index (χ2v) is 3.68. The van der Waals surface area contributed by atoms with Crippen LogP contribution in [0, 0.1) is 27.7 Å². The predicted octanol–water partition coefficient (Wildman–Crippen LogP) is 2.57. The molecule has 2 rings (SSSR count). The molecule has 0 aliphatic rings. The molecule has 68 valence electrons. The Balaban J connectivity index is 2.92. The van der Waals surface area contributed by atoms with Crippen LogP contribution < -0.4 is 0 Å². The van der Waals surface area contributed by atoms with Gasteiger partial charge >= 0.3 is 0 Å². The first-order chi connectivity index (χ1) is 6.09. The molecule has 0 amide bonds. The first-order valence-electron chi connectivity index (χ1n) is 4.51. The summed E-state index contributed by atoms with van der Waals surface area (Å²) in [6.07, 6.45) is 4.20. The van der Waals surface area contributed by atoms with E-state index in [1.54, 1.807) is 0 Å². The summed E-state index contributed by atoms with van der Waals surface area (Å²) in [5.41, 5.74) is 6.11. The first kappa shape index (κ1) is 8.30. The maximum Gasteiger partial charge on any atom is 0.140 e. The van der Waals surface area contributed by atoms with E-state index in [0.717, 1.165) is 11.3 Å². The van der Waals surface area contributed by atoms with E-state index in [0.29, 0.717) is 0 Å². The summed E-state index contributed by atoms with van der Waals surface area (Å²) >= 11 is 0. The predicted molar refractivity (Wildman–Crippen MR) is 54.1 cm³/mol. The molecule has 0 N–H and O–H groups in total. The number of aromatic nitrogens is 2. The van der Waals surface area contributed by atoms with Crippen LogP contribution in [0.3, 0.4) is 0 Å². The highest BCUT2D eigenvalue weighted by Crippen LogP contribution is 2.17. The van der Waals surface area contributed by atoms with E-state index >= 15 is 0 Å². The molecule has 13 heavy (non-hydrogen) atoms. The number of aryl methyl sites for hydroxylation is 3. The SMILES string of the molecule is Cc1cn2cc(C)c(C)c(C)c2n1. The minimum Gasteiger partial charge on any atom is -0.306 e. The van der Waals surface area contributed by atoms with Crippen LogP contribution >= 0.6 is 0 Å². The maximum absolute atomic E-state index is 4.48. The number of hydrogen-bond donors (Lipinski definition) is 0. The van der Waals surface area contributed by atoms with Crippen molar-refractivity contribution < 1.29 is 0 Å². The molecular formula is C11H14N2. The average molecular weight is 174 g/mol. The van der Waals surface area contributed by atoms with Gasteiger partial charge in [-0.05, 0) is 44.4 Å². The van der Waals surface area contributed by atoms with Crippen LogP contribution in [0.15, 0.2) is 12.4 Å². The highest BCUT2D eigenvalue weighted by molar-refractivity contribution is 5.53. The smallest absolute Gasteiger partial charge is 0.140 e. The molecule has 0 atom stereocenters. The van der Waals surface area contributed by atoms with Gasteiger partial charge < -0.3 is 4.40 Å². The monoisotopic (exact) mass is 174 g/mol. The molecule has 0 spiro atoms. The Labute approximate surface area is 78.2 Å². The van der Waals surface area contributed by atoms with E-state index < -0.39 is 0 Å². The van der Waals surface area contributed by atoms with Gasteiger partial charge in [-0.1, -0.05) is 0 Å². The molecule has 0 aromatic carbocycles. The van der Waals surface area contributed by atoms with Gasteiger partial charge in [0.05, 0.1) is 5.69 Å². The number of nitrogens with zero attached hydrogens (tertiary/aromatic N) is 2. The lowest BCUT2D eigenvalue weighted by Gasteiger charge is -2.05. The van der Waals surface area contributed by atoms with Crippen molar-refractivity contribution in [3.63, 3.8) is 0 Å². The van der Waals surface area contributed by atoms with Crippen molar-refractivity contribution in [3.8, 4) is 0 Å². The molecule has 0 unspecified atom stereocenters. The Morgan fingerprint density at radius 1 is 1.00 bits per heavy atom. The molecule has 2 nitrogen and oxygen atoms in total. The van der Waals surface area contributed by atoms with Gasteiger partial charge in [0.2, 0.25) is 0 Å². The lowest BCUT2D eigenvalue weighted by Crippen LogP contribution is -1.93. The third kappa shape index (κ3) is 1.13. The topological polar surface area (TPSA) is 17.3 Å². The zero-order chi connectivity index (χ0) is 9.59. The van der Waals surface area contributed by atoms with Crippen LogP contribution in [0.1, 0.15) is 22.4 Å². The lowest BCUT2D eigenvalue weighted by atomic mass is 10.1. The van der Waals surface area contributed by atoms with Crippen LogP contribution in [-0.2, 0) is 0 Å². The number of fused-ring (bicyclic) bond motifs is 1. The van der Waals surface area contributed by atoms with Crippen LogP contribution in [0.5, 0.6) is 0 Å². The van der Waals surface area contributed by atoms with E-state index in [4.69, 9.17) is 0 Å².